The Morgan fingerprint density at radius 3 is 2.77 bits per heavy atom. The molecule has 3 rings (SSSR count). The first-order valence-electron chi connectivity index (χ1n) is 9.37. The molecule has 0 aromatic heterocycles. The summed E-state index contributed by atoms with van der Waals surface area (Å²) in [6.07, 6.45) is 8.67. The molecule has 1 fully saturated rings. The van der Waals surface area contributed by atoms with Crippen molar-refractivity contribution < 1.29 is 23.8 Å². The van der Waals surface area contributed by atoms with Gasteiger partial charge in [-0.1, -0.05) is 11.6 Å². The van der Waals surface area contributed by atoms with Gasteiger partial charge in [-0.3, -0.25) is 0 Å². The predicted molar refractivity (Wildman–Crippen MR) is 97.4 cm³/mol. The fraction of sp³-hybridized carbons (Fsp3) is 0.619. The first-order chi connectivity index (χ1) is 12.3. The van der Waals surface area contributed by atoms with Gasteiger partial charge in [-0.15, -0.1) is 0 Å². The van der Waals surface area contributed by atoms with E-state index in [4.69, 9.17) is 14.2 Å². The van der Waals surface area contributed by atoms with Gasteiger partial charge in [0.05, 0.1) is 18.8 Å². The van der Waals surface area contributed by atoms with Gasteiger partial charge < -0.3 is 14.2 Å². The normalized spacial score (nSPS) is 36.5. The van der Waals surface area contributed by atoms with Gasteiger partial charge >= 0.3 is 11.9 Å². The third-order valence-corrected chi connectivity index (χ3v) is 5.78. The van der Waals surface area contributed by atoms with Crippen molar-refractivity contribution in [2.45, 2.75) is 77.1 Å². The molecule has 3 atom stereocenters. The van der Waals surface area contributed by atoms with Gasteiger partial charge in [-0.05, 0) is 70.9 Å². The van der Waals surface area contributed by atoms with Gasteiger partial charge in [0.2, 0.25) is 0 Å². The van der Waals surface area contributed by atoms with Crippen LogP contribution in [0.25, 0.3) is 0 Å². The summed E-state index contributed by atoms with van der Waals surface area (Å²) in [5.41, 5.74) is 3.39. The van der Waals surface area contributed by atoms with Gasteiger partial charge in [-0.25, -0.2) is 9.59 Å². The lowest BCUT2D eigenvalue weighted by atomic mass is 9.92. The average molecular weight is 360 g/mol. The second-order valence-electron chi connectivity index (χ2n) is 7.71. The van der Waals surface area contributed by atoms with E-state index in [1.807, 2.05) is 12.2 Å². The van der Waals surface area contributed by atoms with Gasteiger partial charge in [0, 0.05) is 11.1 Å². The minimum absolute atomic E-state index is 0.0936. The highest BCUT2D eigenvalue weighted by Crippen LogP contribution is 2.44. The number of hydrogen-bond acceptors (Lipinski definition) is 5. The van der Waals surface area contributed by atoms with E-state index < -0.39 is 0 Å². The van der Waals surface area contributed by atoms with Crippen LogP contribution < -0.4 is 0 Å². The summed E-state index contributed by atoms with van der Waals surface area (Å²) >= 11 is 0. The highest BCUT2D eigenvalue weighted by molar-refractivity contribution is 5.92. The van der Waals surface area contributed by atoms with Crippen molar-refractivity contribution in [2.75, 3.05) is 7.11 Å². The molecule has 0 N–H and O–H groups in total. The number of fused-ring (bicyclic) bond motifs is 2. The van der Waals surface area contributed by atoms with E-state index in [1.54, 1.807) is 6.92 Å². The Morgan fingerprint density at radius 2 is 2.04 bits per heavy atom. The molecular formula is C21H28O5. The fourth-order valence-corrected chi connectivity index (χ4v) is 3.88. The molecule has 142 valence electrons. The van der Waals surface area contributed by atoms with Gasteiger partial charge in [-0.2, -0.15) is 0 Å². The highest BCUT2D eigenvalue weighted by atomic mass is 16.6. The molecule has 2 aliphatic heterocycles. The van der Waals surface area contributed by atoms with Crippen LogP contribution >= 0.6 is 0 Å². The van der Waals surface area contributed by atoms with Crippen molar-refractivity contribution in [3.8, 4) is 0 Å². The second kappa shape index (κ2) is 7.39. The van der Waals surface area contributed by atoms with Crippen molar-refractivity contribution >= 4 is 11.9 Å². The molecule has 1 aliphatic carbocycles. The van der Waals surface area contributed by atoms with E-state index in [0.29, 0.717) is 24.0 Å². The van der Waals surface area contributed by atoms with E-state index in [0.717, 1.165) is 31.3 Å². The SMILES string of the molecule is COC(=O)/C1=C/CC[C@]2(C)OC2CC/C(C)=C/C2OC(=O)C(C)=C2CC1. The Hall–Kier alpha value is -1.88. The van der Waals surface area contributed by atoms with Crippen LogP contribution in [0.2, 0.25) is 0 Å². The Kier molecular flexibility index (Phi) is 5.37. The Labute approximate surface area is 155 Å². The molecule has 0 bridgehead atoms. The number of rotatable bonds is 1. The molecule has 0 saturated carbocycles. The maximum absolute atomic E-state index is 12.1. The molecule has 0 aromatic rings. The zero-order valence-corrected chi connectivity index (χ0v) is 16.1. The molecule has 0 radical (unpaired) electrons. The molecule has 1 saturated heterocycles. The van der Waals surface area contributed by atoms with Crippen molar-refractivity contribution in [3.63, 3.8) is 0 Å². The molecular weight excluding hydrogens is 332 g/mol. The van der Waals surface area contributed by atoms with E-state index in [9.17, 15) is 9.59 Å². The van der Waals surface area contributed by atoms with Crippen LogP contribution in [0.15, 0.2) is 34.4 Å². The van der Waals surface area contributed by atoms with Crippen molar-refractivity contribution in [2.24, 2.45) is 0 Å². The van der Waals surface area contributed by atoms with E-state index in [-0.39, 0.29) is 29.7 Å². The monoisotopic (exact) mass is 360 g/mol. The summed E-state index contributed by atoms with van der Waals surface area (Å²) in [6.45, 7) is 6.01. The topological polar surface area (TPSA) is 65.1 Å². The molecule has 2 heterocycles. The Balaban J connectivity index is 1.86. The number of ether oxygens (including phenoxy) is 3. The summed E-state index contributed by atoms with van der Waals surface area (Å²) in [5.74, 6) is -0.567. The minimum atomic E-state index is -0.323. The molecule has 0 aromatic carbocycles. The molecule has 5 nitrogen and oxygen atoms in total. The lowest BCUT2D eigenvalue weighted by molar-refractivity contribution is -0.138. The molecule has 2 unspecified atom stereocenters. The van der Waals surface area contributed by atoms with Crippen molar-refractivity contribution in [1.82, 2.24) is 0 Å². The molecule has 5 heteroatoms. The van der Waals surface area contributed by atoms with Crippen LogP contribution in [0.1, 0.15) is 59.3 Å². The summed E-state index contributed by atoms with van der Waals surface area (Å²) < 4.78 is 16.4. The van der Waals surface area contributed by atoms with E-state index >= 15 is 0 Å². The number of allylic oxidation sites excluding steroid dienone is 2. The Morgan fingerprint density at radius 1 is 1.27 bits per heavy atom. The first-order valence-corrected chi connectivity index (χ1v) is 9.37. The number of methoxy groups -OCH3 is 1. The standard InChI is InChI=1S/C21H28O5/c1-13-7-10-18-21(3,26-18)11-5-6-15(20(23)24-4)8-9-16-14(2)19(22)25-17(16)12-13/h6,12,17-18H,5,7-11H2,1-4H3/b13-12+,15-6+/t17?,18?,21-/m0/s1. The summed E-state index contributed by atoms with van der Waals surface area (Å²) in [5, 5.41) is 0. The maximum Gasteiger partial charge on any atom is 0.334 e. The lowest BCUT2D eigenvalue weighted by Crippen LogP contribution is -2.13. The highest BCUT2D eigenvalue weighted by Gasteiger charge is 2.50. The van der Waals surface area contributed by atoms with E-state index in [2.05, 4.69) is 13.8 Å². The van der Waals surface area contributed by atoms with Crippen molar-refractivity contribution in [1.29, 1.82) is 0 Å². The largest absolute Gasteiger partial charge is 0.466 e. The van der Waals surface area contributed by atoms with Gasteiger partial charge in [0.1, 0.15) is 6.10 Å². The first kappa shape index (κ1) is 18.9. The number of carbonyl (C=O) groups excluding carboxylic acids is 2. The zero-order chi connectivity index (χ0) is 18.9. The average Bonchev–Trinajstić information content (AvgIpc) is 3.18. The number of esters is 2. The van der Waals surface area contributed by atoms with Crippen LogP contribution in [-0.2, 0) is 23.8 Å². The van der Waals surface area contributed by atoms with Crippen LogP contribution in [0.4, 0.5) is 0 Å². The van der Waals surface area contributed by atoms with Gasteiger partial charge in [0.25, 0.3) is 0 Å². The molecule has 0 spiro atoms. The molecule has 26 heavy (non-hydrogen) atoms. The smallest absolute Gasteiger partial charge is 0.334 e. The third kappa shape index (κ3) is 3.93. The Bertz CT molecular complexity index is 699. The molecule has 3 aliphatic rings. The second-order valence-corrected chi connectivity index (χ2v) is 7.71. The summed E-state index contributed by atoms with van der Waals surface area (Å²) in [7, 11) is 1.40. The van der Waals surface area contributed by atoms with Crippen LogP contribution in [0.3, 0.4) is 0 Å². The summed E-state index contributed by atoms with van der Waals surface area (Å²) in [6, 6.07) is 0. The molecule has 0 amide bonds. The third-order valence-electron chi connectivity index (χ3n) is 5.78. The van der Waals surface area contributed by atoms with Crippen molar-refractivity contribution in [3.05, 3.63) is 34.4 Å². The number of epoxide rings is 1. The van der Waals surface area contributed by atoms with E-state index in [1.165, 1.54) is 12.7 Å². The van der Waals surface area contributed by atoms with Crippen LogP contribution in [0, 0.1) is 0 Å². The van der Waals surface area contributed by atoms with Crippen LogP contribution in [0.5, 0.6) is 0 Å². The zero-order valence-electron chi connectivity index (χ0n) is 16.1. The fourth-order valence-electron chi connectivity index (χ4n) is 3.88. The minimum Gasteiger partial charge on any atom is -0.466 e. The van der Waals surface area contributed by atoms with Gasteiger partial charge in [0.15, 0.2) is 0 Å². The lowest BCUT2D eigenvalue weighted by Gasteiger charge is -2.14. The maximum atomic E-state index is 12.1. The number of hydrogen-bond donors (Lipinski definition) is 0. The predicted octanol–water partition coefficient (Wildman–Crippen LogP) is 3.79. The quantitative estimate of drug-likeness (QED) is 0.404. The van der Waals surface area contributed by atoms with Crippen LogP contribution in [-0.4, -0.2) is 36.9 Å². The summed E-state index contributed by atoms with van der Waals surface area (Å²) in [4.78, 5) is 24.1. The number of carbonyl (C=O) groups is 2.